The molecule has 0 amide bonds. The quantitative estimate of drug-likeness (QED) is 0.611. The van der Waals surface area contributed by atoms with E-state index in [1.165, 1.54) is 6.07 Å². The van der Waals surface area contributed by atoms with Crippen LogP contribution in [0.2, 0.25) is 0 Å². The summed E-state index contributed by atoms with van der Waals surface area (Å²) in [5, 5.41) is 1.39. The van der Waals surface area contributed by atoms with Crippen LogP contribution in [0.15, 0.2) is 24.3 Å². The van der Waals surface area contributed by atoms with Gasteiger partial charge in [0.1, 0.15) is 5.82 Å². The number of hydrogen-bond donors (Lipinski definition) is 0. The topological polar surface area (TPSA) is 9.23 Å². The molecule has 0 N–H and O–H groups in total. The average Bonchev–Trinajstić information content (AvgIpc) is 2.35. The van der Waals surface area contributed by atoms with Gasteiger partial charge in [-0.2, -0.15) is 0 Å². The first-order chi connectivity index (χ1) is 8.84. The fraction of sp³-hybridized carbons (Fsp3) is 0.600. The molecule has 1 aromatic rings. The monoisotopic (exact) mass is 394 g/mol. The van der Waals surface area contributed by atoms with Crippen molar-refractivity contribution in [1.29, 1.82) is 0 Å². The molecule has 108 valence electrons. The second kappa shape index (κ2) is 7.19. The molecule has 0 aliphatic rings. The van der Waals surface area contributed by atoms with E-state index in [4.69, 9.17) is 4.74 Å². The van der Waals surface area contributed by atoms with Gasteiger partial charge in [0.05, 0.1) is 5.60 Å². The van der Waals surface area contributed by atoms with Crippen LogP contribution >= 0.6 is 31.9 Å². The Labute approximate surface area is 132 Å². The van der Waals surface area contributed by atoms with Crippen molar-refractivity contribution in [3.63, 3.8) is 0 Å². The SMILES string of the molecule is CC(C)(C)OCCC(CBr)(CBr)c1ccccc1F. The summed E-state index contributed by atoms with van der Waals surface area (Å²) in [6.07, 6.45) is 0.766. The summed E-state index contributed by atoms with van der Waals surface area (Å²) >= 11 is 7.07. The van der Waals surface area contributed by atoms with Crippen molar-refractivity contribution in [2.24, 2.45) is 0 Å². The minimum atomic E-state index is -0.281. The Morgan fingerprint density at radius 3 is 2.16 bits per heavy atom. The zero-order valence-electron chi connectivity index (χ0n) is 11.7. The van der Waals surface area contributed by atoms with E-state index in [1.54, 1.807) is 6.07 Å². The van der Waals surface area contributed by atoms with Gasteiger partial charge in [-0.15, -0.1) is 0 Å². The molecule has 1 nitrogen and oxygen atoms in total. The first-order valence-corrected chi connectivity index (χ1v) is 8.60. The molecule has 0 atom stereocenters. The third-order valence-corrected chi connectivity index (χ3v) is 5.22. The molecular weight excluding hydrogens is 375 g/mol. The number of benzene rings is 1. The van der Waals surface area contributed by atoms with E-state index >= 15 is 0 Å². The molecular formula is C15H21Br2FO. The summed E-state index contributed by atoms with van der Waals surface area (Å²) in [6, 6.07) is 6.97. The van der Waals surface area contributed by atoms with Gasteiger partial charge in [-0.05, 0) is 38.8 Å². The fourth-order valence-corrected chi connectivity index (χ4v) is 3.99. The summed E-state index contributed by atoms with van der Waals surface area (Å²) in [5.41, 5.74) is 0.289. The molecule has 0 saturated carbocycles. The summed E-state index contributed by atoms with van der Waals surface area (Å²) in [4.78, 5) is 0. The Hall–Kier alpha value is 0.0700. The third kappa shape index (κ3) is 4.83. The highest BCUT2D eigenvalue weighted by Crippen LogP contribution is 2.34. The minimum Gasteiger partial charge on any atom is -0.376 e. The number of ether oxygens (including phenoxy) is 1. The highest BCUT2D eigenvalue weighted by Gasteiger charge is 2.32. The first-order valence-electron chi connectivity index (χ1n) is 6.35. The Morgan fingerprint density at radius 2 is 1.68 bits per heavy atom. The van der Waals surface area contributed by atoms with Crippen LogP contribution in [0.3, 0.4) is 0 Å². The summed E-state index contributed by atoms with van der Waals surface area (Å²) in [5.74, 6) is -0.155. The number of hydrogen-bond acceptors (Lipinski definition) is 1. The molecule has 0 aliphatic heterocycles. The molecule has 0 aliphatic carbocycles. The van der Waals surface area contributed by atoms with Gasteiger partial charge in [-0.3, -0.25) is 0 Å². The van der Waals surface area contributed by atoms with Crippen molar-refractivity contribution < 1.29 is 9.13 Å². The molecule has 0 saturated heterocycles. The van der Waals surface area contributed by atoms with E-state index in [-0.39, 0.29) is 16.8 Å². The summed E-state index contributed by atoms with van der Waals surface area (Å²) in [7, 11) is 0. The molecule has 0 aromatic heterocycles. The van der Waals surface area contributed by atoms with Crippen molar-refractivity contribution in [1.82, 2.24) is 0 Å². The number of halogens is 3. The van der Waals surface area contributed by atoms with Crippen molar-refractivity contribution >= 4 is 31.9 Å². The minimum absolute atomic E-state index is 0.155. The van der Waals surface area contributed by atoms with E-state index in [1.807, 2.05) is 32.9 Å². The Morgan fingerprint density at radius 1 is 1.11 bits per heavy atom. The van der Waals surface area contributed by atoms with Crippen LogP contribution in [0.4, 0.5) is 4.39 Å². The molecule has 0 fully saturated rings. The van der Waals surface area contributed by atoms with Gasteiger partial charge in [0, 0.05) is 22.7 Å². The van der Waals surface area contributed by atoms with Gasteiger partial charge in [-0.25, -0.2) is 4.39 Å². The lowest BCUT2D eigenvalue weighted by Gasteiger charge is -2.32. The van der Waals surface area contributed by atoms with Crippen molar-refractivity contribution in [3.05, 3.63) is 35.6 Å². The van der Waals surface area contributed by atoms with Crippen LogP contribution in [0.5, 0.6) is 0 Å². The van der Waals surface area contributed by atoms with E-state index in [9.17, 15) is 4.39 Å². The molecule has 0 radical (unpaired) electrons. The Kier molecular flexibility index (Phi) is 6.48. The maximum absolute atomic E-state index is 14.0. The van der Waals surface area contributed by atoms with Crippen molar-refractivity contribution in [3.8, 4) is 0 Å². The van der Waals surface area contributed by atoms with Gasteiger partial charge < -0.3 is 4.74 Å². The molecule has 0 spiro atoms. The Bertz CT molecular complexity index is 397. The fourth-order valence-electron chi connectivity index (χ4n) is 1.89. The standard InChI is InChI=1S/C15H21Br2FO/c1-14(2,3)19-9-8-15(10-16,11-17)12-6-4-5-7-13(12)18/h4-7H,8-11H2,1-3H3. The largest absolute Gasteiger partial charge is 0.376 e. The second-order valence-electron chi connectivity index (χ2n) is 5.74. The lowest BCUT2D eigenvalue weighted by molar-refractivity contribution is -0.00953. The lowest BCUT2D eigenvalue weighted by atomic mass is 9.81. The van der Waals surface area contributed by atoms with Crippen LogP contribution in [-0.2, 0) is 10.2 Å². The lowest BCUT2D eigenvalue weighted by Crippen LogP contribution is -2.34. The molecule has 1 aromatic carbocycles. The highest BCUT2D eigenvalue weighted by molar-refractivity contribution is 9.09. The van der Waals surface area contributed by atoms with Crippen LogP contribution in [0, 0.1) is 5.82 Å². The Balaban J connectivity index is 2.89. The van der Waals surface area contributed by atoms with Crippen LogP contribution in [-0.4, -0.2) is 22.9 Å². The maximum Gasteiger partial charge on any atom is 0.127 e. The van der Waals surface area contributed by atoms with Crippen molar-refractivity contribution in [2.75, 3.05) is 17.3 Å². The average molecular weight is 396 g/mol. The third-order valence-electron chi connectivity index (χ3n) is 3.07. The first kappa shape index (κ1) is 17.1. The van der Waals surface area contributed by atoms with E-state index in [0.717, 1.165) is 12.0 Å². The van der Waals surface area contributed by atoms with Gasteiger partial charge in [-0.1, -0.05) is 50.1 Å². The van der Waals surface area contributed by atoms with Crippen LogP contribution in [0.25, 0.3) is 0 Å². The molecule has 0 heterocycles. The van der Waals surface area contributed by atoms with Crippen LogP contribution < -0.4 is 0 Å². The smallest absolute Gasteiger partial charge is 0.127 e. The zero-order valence-corrected chi connectivity index (χ0v) is 14.9. The maximum atomic E-state index is 14.0. The summed E-state index contributed by atoms with van der Waals surface area (Å²) < 4.78 is 19.8. The second-order valence-corrected chi connectivity index (χ2v) is 6.86. The molecule has 0 unspecified atom stereocenters. The van der Waals surface area contributed by atoms with Crippen molar-refractivity contribution in [2.45, 2.75) is 38.2 Å². The van der Waals surface area contributed by atoms with E-state index in [2.05, 4.69) is 31.9 Å². The predicted molar refractivity (Wildman–Crippen MR) is 86.0 cm³/mol. The van der Waals surface area contributed by atoms with Gasteiger partial charge in [0.2, 0.25) is 0 Å². The molecule has 4 heteroatoms. The summed E-state index contributed by atoms with van der Waals surface area (Å²) in [6.45, 7) is 6.69. The van der Waals surface area contributed by atoms with Crippen LogP contribution in [0.1, 0.15) is 32.8 Å². The van der Waals surface area contributed by atoms with Gasteiger partial charge in [0.15, 0.2) is 0 Å². The van der Waals surface area contributed by atoms with E-state index in [0.29, 0.717) is 17.3 Å². The highest BCUT2D eigenvalue weighted by atomic mass is 79.9. The number of alkyl halides is 2. The van der Waals surface area contributed by atoms with Gasteiger partial charge in [0.25, 0.3) is 0 Å². The predicted octanol–water partition coefficient (Wildman–Crippen LogP) is 5.06. The number of rotatable bonds is 6. The zero-order chi connectivity index (χ0) is 14.5. The molecule has 19 heavy (non-hydrogen) atoms. The normalized spacial score (nSPS) is 12.7. The van der Waals surface area contributed by atoms with E-state index < -0.39 is 0 Å². The van der Waals surface area contributed by atoms with Gasteiger partial charge >= 0.3 is 0 Å². The molecule has 0 bridgehead atoms. The molecule has 1 rings (SSSR count).